The molecule has 2 aliphatic rings. The zero-order valence-corrected chi connectivity index (χ0v) is 15.0. The second-order valence-corrected chi connectivity index (χ2v) is 7.60. The number of aromatic nitrogens is 2. The third kappa shape index (κ3) is 4.16. The highest BCUT2D eigenvalue weighted by atomic mass is 16.5. The van der Waals surface area contributed by atoms with Crippen molar-refractivity contribution < 1.29 is 9.53 Å². The molecular weight excluding hydrogens is 304 g/mol. The lowest BCUT2D eigenvalue weighted by Crippen LogP contribution is -2.53. The van der Waals surface area contributed by atoms with Gasteiger partial charge in [0.05, 0.1) is 25.1 Å². The van der Waals surface area contributed by atoms with Crippen LogP contribution in [0.25, 0.3) is 0 Å². The predicted molar refractivity (Wildman–Crippen MR) is 93.9 cm³/mol. The van der Waals surface area contributed by atoms with Gasteiger partial charge in [-0.15, -0.1) is 0 Å². The second kappa shape index (κ2) is 7.66. The fraction of sp³-hybridized carbons (Fsp3) is 0.778. The van der Waals surface area contributed by atoms with E-state index in [2.05, 4.69) is 29.2 Å². The lowest BCUT2D eigenvalue weighted by Gasteiger charge is -2.43. The minimum Gasteiger partial charge on any atom is -0.379 e. The zero-order chi connectivity index (χ0) is 17.0. The Kier molecular flexibility index (Phi) is 5.56. The van der Waals surface area contributed by atoms with Crippen LogP contribution in [0.15, 0.2) is 12.4 Å². The quantitative estimate of drug-likeness (QED) is 0.868. The number of carbonyl (C=O) groups excluding carboxylic acids is 1. The lowest BCUT2D eigenvalue weighted by atomic mass is 9.90. The highest BCUT2D eigenvalue weighted by molar-refractivity contribution is 5.91. The van der Waals surface area contributed by atoms with Gasteiger partial charge in [-0.1, -0.05) is 26.7 Å². The maximum absolute atomic E-state index is 12.6. The van der Waals surface area contributed by atoms with Crippen molar-refractivity contribution in [2.45, 2.75) is 58.0 Å². The van der Waals surface area contributed by atoms with Crippen molar-refractivity contribution in [2.24, 2.45) is 5.92 Å². The van der Waals surface area contributed by atoms with Crippen molar-refractivity contribution in [3.05, 3.63) is 12.4 Å². The third-order valence-electron chi connectivity index (χ3n) is 5.17. The number of anilines is 1. The number of morpholine rings is 1. The summed E-state index contributed by atoms with van der Waals surface area (Å²) in [6, 6.07) is 0. The highest BCUT2D eigenvalue weighted by Gasteiger charge is 2.41. The second-order valence-electron chi connectivity index (χ2n) is 7.60. The number of carbonyl (C=O) groups is 1. The number of hydrogen-bond acceptors (Lipinski definition) is 4. The molecule has 3 rings (SSSR count). The zero-order valence-electron chi connectivity index (χ0n) is 15.0. The molecule has 1 amide bonds. The minimum absolute atomic E-state index is 0.0296. The first-order chi connectivity index (χ1) is 11.6. The number of amides is 1. The van der Waals surface area contributed by atoms with Gasteiger partial charge in [0.2, 0.25) is 5.91 Å². The Hall–Kier alpha value is -1.40. The van der Waals surface area contributed by atoms with Crippen LogP contribution in [0.3, 0.4) is 0 Å². The van der Waals surface area contributed by atoms with Crippen LogP contribution in [-0.2, 0) is 16.1 Å². The molecule has 0 radical (unpaired) electrons. The molecule has 0 atom stereocenters. The van der Waals surface area contributed by atoms with E-state index in [0.717, 1.165) is 51.4 Å². The Balaban J connectivity index is 1.60. The summed E-state index contributed by atoms with van der Waals surface area (Å²) in [5.74, 6) is 0.643. The van der Waals surface area contributed by atoms with Crippen LogP contribution >= 0.6 is 0 Å². The fourth-order valence-electron chi connectivity index (χ4n) is 4.08. The monoisotopic (exact) mass is 334 g/mol. The maximum Gasteiger partial charge on any atom is 0.226 e. The molecule has 6 nitrogen and oxygen atoms in total. The SMILES string of the molecule is CC(C)Cn1cc(NC(=O)CC2(N3CCOCC3)CCCC2)cn1. The average Bonchev–Trinajstić information content (AvgIpc) is 3.18. The van der Waals surface area contributed by atoms with Crippen LogP contribution in [0, 0.1) is 5.92 Å². The normalized spacial score (nSPS) is 21.3. The van der Waals surface area contributed by atoms with Crippen LogP contribution in [0.5, 0.6) is 0 Å². The first-order valence-corrected chi connectivity index (χ1v) is 9.22. The van der Waals surface area contributed by atoms with E-state index in [1.165, 1.54) is 12.8 Å². The molecule has 24 heavy (non-hydrogen) atoms. The van der Waals surface area contributed by atoms with Crippen molar-refractivity contribution >= 4 is 11.6 Å². The Bertz CT molecular complexity index is 543. The number of ether oxygens (including phenoxy) is 1. The molecule has 2 heterocycles. The molecule has 1 aromatic heterocycles. The highest BCUT2D eigenvalue weighted by Crippen LogP contribution is 2.38. The molecule has 1 aliphatic heterocycles. The van der Waals surface area contributed by atoms with E-state index < -0.39 is 0 Å². The van der Waals surface area contributed by atoms with Crippen LogP contribution in [0.2, 0.25) is 0 Å². The summed E-state index contributed by atoms with van der Waals surface area (Å²) in [5, 5.41) is 7.37. The van der Waals surface area contributed by atoms with Crippen LogP contribution in [0.4, 0.5) is 5.69 Å². The Labute approximate surface area is 144 Å². The molecule has 2 fully saturated rings. The standard InChI is InChI=1S/C18H30N4O2/c1-15(2)13-22-14-16(12-19-22)20-17(23)11-18(5-3-4-6-18)21-7-9-24-10-8-21/h12,14-15H,3-11,13H2,1-2H3,(H,20,23). The minimum atomic E-state index is 0.0296. The summed E-state index contributed by atoms with van der Waals surface area (Å²) in [7, 11) is 0. The van der Waals surface area contributed by atoms with Gasteiger partial charge in [-0.05, 0) is 18.8 Å². The number of nitrogens with zero attached hydrogens (tertiary/aromatic N) is 3. The van der Waals surface area contributed by atoms with Crippen molar-refractivity contribution in [1.82, 2.24) is 14.7 Å². The summed E-state index contributed by atoms with van der Waals surface area (Å²) >= 11 is 0. The van der Waals surface area contributed by atoms with Gasteiger partial charge < -0.3 is 10.1 Å². The maximum atomic E-state index is 12.6. The molecule has 1 saturated heterocycles. The molecule has 0 unspecified atom stereocenters. The van der Waals surface area contributed by atoms with Gasteiger partial charge in [-0.25, -0.2) is 0 Å². The summed E-state index contributed by atoms with van der Waals surface area (Å²) in [4.78, 5) is 15.1. The molecule has 0 bridgehead atoms. The molecule has 0 aromatic carbocycles. The Morgan fingerprint density at radius 2 is 2.04 bits per heavy atom. The third-order valence-corrected chi connectivity index (χ3v) is 5.17. The van der Waals surface area contributed by atoms with E-state index in [1.807, 2.05) is 10.9 Å². The number of nitrogens with one attached hydrogen (secondary N) is 1. The summed E-state index contributed by atoms with van der Waals surface area (Å²) in [6.07, 6.45) is 8.92. The van der Waals surface area contributed by atoms with Gasteiger partial charge in [0, 0.05) is 37.8 Å². The predicted octanol–water partition coefficient (Wildman–Crippen LogP) is 2.51. The van der Waals surface area contributed by atoms with Gasteiger partial charge in [0.1, 0.15) is 0 Å². The van der Waals surface area contributed by atoms with Crippen molar-refractivity contribution in [1.29, 1.82) is 0 Å². The van der Waals surface area contributed by atoms with Gasteiger partial charge in [-0.3, -0.25) is 14.4 Å². The van der Waals surface area contributed by atoms with Gasteiger partial charge in [-0.2, -0.15) is 5.10 Å². The number of hydrogen-bond donors (Lipinski definition) is 1. The molecule has 1 N–H and O–H groups in total. The van der Waals surface area contributed by atoms with Crippen LogP contribution < -0.4 is 5.32 Å². The summed E-state index contributed by atoms with van der Waals surface area (Å²) in [6.45, 7) is 8.64. The van der Waals surface area contributed by atoms with E-state index in [1.54, 1.807) is 6.20 Å². The molecule has 1 aromatic rings. The topological polar surface area (TPSA) is 59.4 Å². The Morgan fingerprint density at radius 1 is 1.33 bits per heavy atom. The van der Waals surface area contributed by atoms with Gasteiger partial charge in [0.15, 0.2) is 0 Å². The van der Waals surface area contributed by atoms with Crippen LogP contribution in [-0.4, -0.2) is 52.4 Å². The molecule has 6 heteroatoms. The van der Waals surface area contributed by atoms with E-state index in [4.69, 9.17) is 4.74 Å². The van der Waals surface area contributed by atoms with Crippen molar-refractivity contribution in [3.8, 4) is 0 Å². The van der Waals surface area contributed by atoms with Gasteiger partial charge >= 0.3 is 0 Å². The van der Waals surface area contributed by atoms with Crippen LogP contribution in [0.1, 0.15) is 46.0 Å². The van der Waals surface area contributed by atoms with E-state index in [9.17, 15) is 4.79 Å². The molecule has 0 spiro atoms. The first kappa shape index (κ1) is 17.4. The first-order valence-electron chi connectivity index (χ1n) is 9.22. The number of rotatable bonds is 6. The van der Waals surface area contributed by atoms with E-state index in [0.29, 0.717) is 12.3 Å². The summed E-state index contributed by atoms with van der Waals surface area (Å²) in [5.41, 5.74) is 0.831. The molecule has 1 saturated carbocycles. The van der Waals surface area contributed by atoms with Crippen molar-refractivity contribution in [3.63, 3.8) is 0 Å². The summed E-state index contributed by atoms with van der Waals surface area (Å²) < 4.78 is 7.38. The smallest absolute Gasteiger partial charge is 0.226 e. The lowest BCUT2D eigenvalue weighted by molar-refractivity contribution is -0.120. The molecular formula is C18H30N4O2. The fourth-order valence-corrected chi connectivity index (χ4v) is 4.08. The van der Waals surface area contributed by atoms with Gasteiger partial charge in [0.25, 0.3) is 0 Å². The largest absolute Gasteiger partial charge is 0.379 e. The molecule has 1 aliphatic carbocycles. The van der Waals surface area contributed by atoms with E-state index in [-0.39, 0.29) is 11.4 Å². The molecule has 134 valence electrons. The van der Waals surface area contributed by atoms with E-state index >= 15 is 0 Å². The Morgan fingerprint density at radius 3 is 2.71 bits per heavy atom. The van der Waals surface area contributed by atoms with Crippen molar-refractivity contribution in [2.75, 3.05) is 31.6 Å². The average molecular weight is 334 g/mol.